The Labute approximate surface area is 171 Å². The summed E-state index contributed by atoms with van der Waals surface area (Å²) >= 11 is 6.45. The lowest BCUT2D eigenvalue weighted by molar-refractivity contribution is -0.113. The number of hydrogen-bond acceptors (Lipinski definition) is 4. The van der Waals surface area contributed by atoms with Gasteiger partial charge in [-0.15, -0.1) is 0 Å². The van der Waals surface area contributed by atoms with Crippen molar-refractivity contribution in [2.24, 2.45) is 0 Å². The summed E-state index contributed by atoms with van der Waals surface area (Å²) in [4.78, 5) is 0. The zero-order chi connectivity index (χ0) is 19.5. The third-order valence-electron chi connectivity index (χ3n) is 5.50. The van der Waals surface area contributed by atoms with Crippen LogP contribution in [0.5, 0.6) is 5.75 Å². The van der Waals surface area contributed by atoms with Crippen molar-refractivity contribution in [3.63, 3.8) is 0 Å². The molecule has 150 valence electrons. The first kappa shape index (κ1) is 19.7. The van der Waals surface area contributed by atoms with Gasteiger partial charge < -0.3 is 19.3 Å². The van der Waals surface area contributed by atoms with E-state index in [0.717, 1.165) is 59.8 Å². The van der Waals surface area contributed by atoms with Crippen molar-refractivity contribution in [1.29, 1.82) is 0 Å². The lowest BCUT2D eigenvalue weighted by Crippen LogP contribution is -2.31. The number of aliphatic hydroxyl groups excluding tert-OH is 1. The monoisotopic (exact) mass is 402 g/mol. The molecule has 0 amide bonds. The number of rotatable bonds is 5. The Morgan fingerprint density at radius 3 is 2.68 bits per heavy atom. The molecule has 5 heteroatoms. The van der Waals surface area contributed by atoms with E-state index in [4.69, 9.17) is 25.8 Å². The molecular weight excluding hydrogens is 376 g/mol. The Morgan fingerprint density at radius 2 is 1.93 bits per heavy atom. The smallest absolute Gasteiger partial charge is 0.124 e. The Bertz CT molecular complexity index is 786. The first-order valence-electron chi connectivity index (χ1n) is 10.0. The summed E-state index contributed by atoms with van der Waals surface area (Å²) in [7, 11) is 0. The van der Waals surface area contributed by atoms with Crippen LogP contribution in [0.4, 0.5) is 0 Å². The van der Waals surface area contributed by atoms with Gasteiger partial charge in [-0.2, -0.15) is 0 Å². The van der Waals surface area contributed by atoms with E-state index in [0.29, 0.717) is 6.61 Å². The van der Waals surface area contributed by atoms with Gasteiger partial charge in [0.05, 0.1) is 25.4 Å². The minimum absolute atomic E-state index is 0.154. The second-order valence-electron chi connectivity index (χ2n) is 7.79. The Kier molecular flexibility index (Phi) is 6.22. The summed E-state index contributed by atoms with van der Waals surface area (Å²) in [6.45, 7) is 3.49. The maximum atomic E-state index is 10.4. The number of ether oxygens (including phenoxy) is 3. The highest BCUT2D eigenvalue weighted by molar-refractivity contribution is 6.31. The van der Waals surface area contributed by atoms with Crippen LogP contribution in [0.15, 0.2) is 42.5 Å². The van der Waals surface area contributed by atoms with Crippen molar-refractivity contribution in [3.05, 3.63) is 64.2 Å². The minimum Gasteiger partial charge on any atom is -0.488 e. The van der Waals surface area contributed by atoms with Crippen molar-refractivity contribution in [3.8, 4) is 5.75 Å². The number of halogens is 1. The summed E-state index contributed by atoms with van der Waals surface area (Å²) in [6, 6.07) is 14.1. The SMILES string of the molecule is CC1CCC(O)C(c2ccc(Cl)c(Cc3ccc(O[C@H]4CCOC4)cc3)c2)O1. The lowest BCUT2D eigenvalue weighted by Gasteiger charge is -2.32. The largest absolute Gasteiger partial charge is 0.488 e. The highest BCUT2D eigenvalue weighted by Crippen LogP contribution is 2.34. The molecule has 0 bridgehead atoms. The van der Waals surface area contributed by atoms with E-state index >= 15 is 0 Å². The minimum atomic E-state index is -0.471. The Balaban J connectivity index is 1.46. The Hall–Kier alpha value is -1.59. The van der Waals surface area contributed by atoms with Crippen LogP contribution in [0.1, 0.15) is 49.0 Å². The second kappa shape index (κ2) is 8.83. The van der Waals surface area contributed by atoms with E-state index in [1.54, 1.807) is 0 Å². The first-order chi connectivity index (χ1) is 13.6. The van der Waals surface area contributed by atoms with Gasteiger partial charge in [-0.25, -0.2) is 0 Å². The van der Waals surface area contributed by atoms with Gasteiger partial charge >= 0.3 is 0 Å². The standard InChI is InChI=1S/C23H27ClO4/c1-15-2-9-22(25)23(27-15)17-5-8-21(24)18(13-17)12-16-3-6-19(7-4-16)28-20-10-11-26-14-20/h3-8,13,15,20,22-23,25H,2,9-12,14H2,1H3/t15?,20-,22?,23?/m0/s1. The second-order valence-corrected chi connectivity index (χ2v) is 8.19. The average Bonchev–Trinajstić information content (AvgIpc) is 3.20. The predicted molar refractivity (Wildman–Crippen MR) is 109 cm³/mol. The molecule has 0 aliphatic carbocycles. The van der Waals surface area contributed by atoms with Crippen LogP contribution in [0.2, 0.25) is 5.02 Å². The average molecular weight is 403 g/mol. The van der Waals surface area contributed by atoms with Crippen molar-refractivity contribution in [1.82, 2.24) is 0 Å². The van der Waals surface area contributed by atoms with Gasteiger partial charge in [0.15, 0.2) is 0 Å². The van der Waals surface area contributed by atoms with Crippen LogP contribution < -0.4 is 4.74 Å². The molecule has 4 atom stereocenters. The predicted octanol–water partition coefficient (Wildman–Crippen LogP) is 4.70. The van der Waals surface area contributed by atoms with E-state index < -0.39 is 6.10 Å². The fraction of sp³-hybridized carbons (Fsp3) is 0.478. The quantitative estimate of drug-likeness (QED) is 0.787. The molecule has 2 aromatic carbocycles. The van der Waals surface area contributed by atoms with Gasteiger partial charge in [0.1, 0.15) is 18.0 Å². The van der Waals surface area contributed by atoms with E-state index in [1.165, 1.54) is 0 Å². The van der Waals surface area contributed by atoms with E-state index in [9.17, 15) is 5.11 Å². The van der Waals surface area contributed by atoms with E-state index in [-0.39, 0.29) is 18.3 Å². The molecule has 2 fully saturated rings. The van der Waals surface area contributed by atoms with Crippen molar-refractivity contribution < 1.29 is 19.3 Å². The summed E-state index contributed by atoms with van der Waals surface area (Å²) < 4.78 is 17.3. The fourth-order valence-corrected chi connectivity index (χ4v) is 4.06. The van der Waals surface area contributed by atoms with Crippen LogP contribution in [-0.2, 0) is 15.9 Å². The summed E-state index contributed by atoms with van der Waals surface area (Å²) in [5.74, 6) is 0.867. The number of benzene rings is 2. The van der Waals surface area contributed by atoms with Crippen LogP contribution in [0.25, 0.3) is 0 Å². The van der Waals surface area contributed by atoms with Gasteiger partial charge in [-0.05, 0) is 61.1 Å². The summed E-state index contributed by atoms with van der Waals surface area (Å²) in [6.07, 6.45) is 2.86. The van der Waals surface area contributed by atoms with Gasteiger partial charge in [-0.1, -0.05) is 35.9 Å². The molecule has 0 aromatic heterocycles. The molecule has 2 aliphatic heterocycles. The fourth-order valence-electron chi connectivity index (χ4n) is 3.88. The van der Waals surface area contributed by atoms with Crippen molar-refractivity contribution in [2.75, 3.05) is 13.2 Å². The first-order valence-corrected chi connectivity index (χ1v) is 10.4. The topological polar surface area (TPSA) is 47.9 Å². The van der Waals surface area contributed by atoms with Crippen LogP contribution in [-0.4, -0.2) is 36.6 Å². The molecule has 2 heterocycles. The lowest BCUT2D eigenvalue weighted by atomic mass is 9.93. The third kappa shape index (κ3) is 4.69. The van der Waals surface area contributed by atoms with Crippen LogP contribution in [0.3, 0.4) is 0 Å². The van der Waals surface area contributed by atoms with Crippen molar-refractivity contribution in [2.45, 2.75) is 57.0 Å². The normalized spacial score (nSPS) is 27.7. The number of aliphatic hydroxyl groups is 1. The van der Waals surface area contributed by atoms with Gasteiger partial charge in [0.25, 0.3) is 0 Å². The van der Waals surface area contributed by atoms with E-state index in [1.807, 2.05) is 24.3 Å². The van der Waals surface area contributed by atoms with Gasteiger partial charge in [-0.3, -0.25) is 0 Å². The van der Waals surface area contributed by atoms with Gasteiger partial charge in [0, 0.05) is 11.4 Å². The van der Waals surface area contributed by atoms with E-state index in [2.05, 4.69) is 25.1 Å². The maximum absolute atomic E-state index is 10.4. The maximum Gasteiger partial charge on any atom is 0.124 e. The van der Waals surface area contributed by atoms with Crippen LogP contribution >= 0.6 is 11.6 Å². The molecule has 0 saturated carbocycles. The summed E-state index contributed by atoms with van der Waals surface area (Å²) in [5, 5.41) is 11.1. The third-order valence-corrected chi connectivity index (χ3v) is 5.87. The highest BCUT2D eigenvalue weighted by Gasteiger charge is 2.29. The van der Waals surface area contributed by atoms with Gasteiger partial charge in [0.2, 0.25) is 0 Å². The molecule has 2 saturated heterocycles. The molecule has 4 nitrogen and oxygen atoms in total. The molecule has 0 radical (unpaired) electrons. The molecule has 28 heavy (non-hydrogen) atoms. The zero-order valence-electron chi connectivity index (χ0n) is 16.1. The molecule has 0 spiro atoms. The molecule has 3 unspecified atom stereocenters. The number of hydrogen-bond donors (Lipinski definition) is 1. The molecule has 2 aliphatic rings. The molecule has 1 N–H and O–H groups in total. The van der Waals surface area contributed by atoms with Crippen LogP contribution in [0, 0.1) is 0 Å². The molecular formula is C23H27ClO4. The highest BCUT2D eigenvalue weighted by atomic mass is 35.5. The summed E-state index contributed by atoms with van der Waals surface area (Å²) in [5.41, 5.74) is 3.18. The molecule has 2 aromatic rings. The van der Waals surface area contributed by atoms with Crippen molar-refractivity contribution >= 4 is 11.6 Å². The zero-order valence-corrected chi connectivity index (χ0v) is 16.9. The Morgan fingerprint density at radius 1 is 1.11 bits per heavy atom. The molecule has 4 rings (SSSR count).